The molecule has 0 bridgehead atoms. The molecule has 0 amide bonds. The summed E-state index contributed by atoms with van der Waals surface area (Å²) < 4.78 is 22.0. The van der Waals surface area contributed by atoms with Crippen LogP contribution >= 0.6 is 18.2 Å². The van der Waals surface area contributed by atoms with Gasteiger partial charge in [0.25, 0.3) is 0 Å². The van der Waals surface area contributed by atoms with Gasteiger partial charge in [0, 0.05) is 28.7 Å². The fourth-order valence-electron chi connectivity index (χ4n) is 2.93. The predicted molar refractivity (Wildman–Crippen MR) is 113 cm³/mol. The number of nitrogens with one attached hydrogen (secondary N) is 1. The molecule has 28 heavy (non-hydrogen) atoms. The summed E-state index contributed by atoms with van der Waals surface area (Å²) in [6.07, 6.45) is 0.339. The van der Waals surface area contributed by atoms with Gasteiger partial charge in [0.1, 0.15) is 6.04 Å². The number of rotatable bonds is 8. The molecule has 0 aromatic heterocycles. The van der Waals surface area contributed by atoms with Gasteiger partial charge in [-0.05, 0) is 23.9 Å². The number of anilines is 1. The van der Waals surface area contributed by atoms with E-state index in [9.17, 15) is 9.36 Å². The Morgan fingerprint density at radius 2 is 1.71 bits per heavy atom. The van der Waals surface area contributed by atoms with Crippen molar-refractivity contribution in [2.75, 3.05) is 11.9 Å². The van der Waals surface area contributed by atoms with Gasteiger partial charge in [-0.15, -0.1) is 0 Å². The van der Waals surface area contributed by atoms with Gasteiger partial charge in [-0.3, -0.25) is 4.52 Å². The van der Waals surface area contributed by atoms with E-state index in [4.69, 9.17) is 20.3 Å². The zero-order valence-corrected chi connectivity index (χ0v) is 17.0. The van der Waals surface area contributed by atoms with Crippen LogP contribution in [0.5, 0.6) is 0 Å². The van der Waals surface area contributed by atoms with Gasteiger partial charge in [-0.1, -0.05) is 66.7 Å². The van der Waals surface area contributed by atoms with Gasteiger partial charge in [-0.25, -0.2) is 9.36 Å². The first-order valence-electron chi connectivity index (χ1n) is 8.94. The summed E-state index contributed by atoms with van der Waals surface area (Å²) in [5, 5.41) is 5.23. The second kappa shape index (κ2) is 9.24. The minimum absolute atomic E-state index is 0.0775. The topological polar surface area (TPSA) is 64.6 Å². The molecule has 3 rings (SSSR count). The van der Waals surface area contributed by atoms with Crippen LogP contribution in [-0.4, -0.2) is 18.6 Å². The van der Waals surface area contributed by atoms with E-state index in [1.807, 2.05) is 72.8 Å². The highest BCUT2D eigenvalue weighted by Crippen LogP contribution is 2.53. The van der Waals surface area contributed by atoms with Crippen LogP contribution in [-0.2, 0) is 24.8 Å². The molecule has 0 radical (unpaired) electrons. The van der Waals surface area contributed by atoms with Crippen LogP contribution in [0.15, 0.2) is 72.8 Å². The first-order chi connectivity index (χ1) is 13.5. The Labute approximate surface area is 168 Å². The van der Waals surface area contributed by atoms with Crippen molar-refractivity contribution in [3.8, 4) is 0 Å². The number of halogens is 1. The van der Waals surface area contributed by atoms with Gasteiger partial charge in [0.05, 0.1) is 6.61 Å². The lowest BCUT2D eigenvalue weighted by Crippen LogP contribution is -2.33. The molecule has 0 aliphatic heterocycles. The van der Waals surface area contributed by atoms with Gasteiger partial charge < -0.3 is 9.84 Å². The van der Waals surface area contributed by atoms with Crippen molar-refractivity contribution in [1.82, 2.24) is 0 Å². The van der Waals surface area contributed by atoms with Crippen molar-refractivity contribution in [2.24, 2.45) is 0 Å². The third kappa shape index (κ3) is 5.35. The first kappa shape index (κ1) is 20.4. The molecule has 0 spiro atoms. The van der Waals surface area contributed by atoms with E-state index in [1.165, 1.54) is 0 Å². The summed E-state index contributed by atoms with van der Waals surface area (Å²) >= 11 is 5.74. The molecule has 5 nitrogen and oxygen atoms in total. The van der Waals surface area contributed by atoms with Crippen LogP contribution in [0.25, 0.3) is 10.8 Å². The molecule has 0 saturated carbocycles. The fraction of sp³-hybridized carbons (Fsp3) is 0.190. The lowest BCUT2D eigenvalue weighted by molar-refractivity contribution is -0.135. The van der Waals surface area contributed by atoms with E-state index in [0.717, 1.165) is 22.0 Å². The Kier molecular flexibility index (Phi) is 6.74. The van der Waals surface area contributed by atoms with Crippen molar-refractivity contribution >= 4 is 40.6 Å². The van der Waals surface area contributed by atoms with Crippen LogP contribution in [0.1, 0.15) is 12.5 Å². The van der Waals surface area contributed by atoms with Gasteiger partial charge in [0.15, 0.2) is 0 Å². The minimum Gasteiger partial charge on any atom is -0.379 e. The van der Waals surface area contributed by atoms with Crippen molar-refractivity contribution in [2.45, 2.75) is 19.4 Å². The highest BCUT2D eigenvalue weighted by molar-refractivity contribution is 7.81. The molecule has 0 aliphatic rings. The molecule has 0 aliphatic carbocycles. The normalized spacial score (nSPS) is 14.2. The third-order valence-electron chi connectivity index (χ3n) is 4.17. The average Bonchev–Trinajstić information content (AvgIpc) is 2.68. The van der Waals surface area contributed by atoms with Crippen molar-refractivity contribution in [3.63, 3.8) is 0 Å². The predicted octanol–water partition coefficient (Wildman–Crippen LogP) is 5.79. The molecule has 0 saturated heterocycles. The van der Waals surface area contributed by atoms with Crippen LogP contribution in [0, 0.1) is 0 Å². The van der Waals surface area contributed by atoms with Gasteiger partial charge in [0.2, 0.25) is 0 Å². The van der Waals surface area contributed by atoms with Crippen molar-refractivity contribution in [1.29, 1.82) is 0 Å². The summed E-state index contributed by atoms with van der Waals surface area (Å²) in [5.74, 6) is -0.733. The number of carbonyl (C=O) groups is 1. The highest BCUT2D eigenvalue weighted by atomic mass is 35.7. The van der Waals surface area contributed by atoms with Crippen LogP contribution in [0.4, 0.5) is 5.69 Å². The number of fused-ring (bicyclic) bond motifs is 1. The van der Waals surface area contributed by atoms with E-state index >= 15 is 0 Å². The fourth-order valence-corrected chi connectivity index (χ4v) is 4.13. The quantitative estimate of drug-likeness (QED) is 0.470. The zero-order chi connectivity index (χ0) is 20.0. The van der Waals surface area contributed by atoms with E-state index in [2.05, 4.69) is 5.32 Å². The van der Waals surface area contributed by atoms with Crippen LogP contribution in [0.2, 0.25) is 0 Å². The number of carbonyl (C=O) groups excluding carboxylic acids is 1. The van der Waals surface area contributed by atoms with E-state index in [-0.39, 0.29) is 6.61 Å². The Balaban J connectivity index is 1.89. The Bertz CT molecular complexity index is 991. The Hall–Kier alpha value is -2.33. The van der Waals surface area contributed by atoms with E-state index in [1.54, 1.807) is 6.92 Å². The van der Waals surface area contributed by atoms with Gasteiger partial charge in [-0.2, -0.15) is 0 Å². The molecule has 3 aromatic carbocycles. The lowest BCUT2D eigenvalue weighted by atomic mass is 10.0. The third-order valence-corrected chi connectivity index (χ3v) is 5.63. The number of hydrogen-bond donors (Lipinski definition) is 1. The summed E-state index contributed by atoms with van der Waals surface area (Å²) in [6, 6.07) is 22.3. The van der Waals surface area contributed by atoms with E-state index < -0.39 is 19.0 Å². The second-order valence-electron chi connectivity index (χ2n) is 6.17. The standard InChI is InChI=1S/C21H21ClNO4P/c1-2-26-28(22,25)27-21(24)20(15-16-9-4-3-5-10-16)23-19-14-8-12-17-11-6-7-13-18(17)19/h3-14,20,23H,2,15H2,1H3/t20-,28?/m0/s1. The largest absolute Gasteiger partial charge is 0.478 e. The van der Waals surface area contributed by atoms with Crippen molar-refractivity contribution < 1.29 is 18.4 Å². The molecule has 0 heterocycles. The molecule has 3 aromatic rings. The minimum atomic E-state index is -3.98. The molecular weight excluding hydrogens is 397 g/mol. The van der Waals surface area contributed by atoms with E-state index in [0.29, 0.717) is 6.42 Å². The summed E-state index contributed by atoms with van der Waals surface area (Å²) in [4.78, 5) is 12.8. The Morgan fingerprint density at radius 1 is 1.04 bits per heavy atom. The molecule has 1 unspecified atom stereocenters. The second-order valence-corrected chi connectivity index (χ2v) is 8.72. The van der Waals surface area contributed by atoms with Gasteiger partial charge >= 0.3 is 12.9 Å². The number of hydrogen-bond acceptors (Lipinski definition) is 5. The summed E-state index contributed by atoms with van der Waals surface area (Å²) in [6.45, 7) is -2.28. The average molecular weight is 418 g/mol. The monoisotopic (exact) mass is 417 g/mol. The SMILES string of the molecule is CCOP(=O)(Cl)OC(=O)[C@H](Cc1ccccc1)Nc1cccc2ccccc12. The molecule has 0 fully saturated rings. The highest BCUT2D eigenvalue weighted by Gasteiger charge is 2.30. The van der Waals surface area contributed by atoms with Crippen LogP contribution in [0.3, 0.4) is 0 Å². The maximum Gasteiger partial charge on any atom is 0.478 e. The van der Waals surface area contributed by atoms with Crippen molar-refractivity contribution in [3.05, 3.63) is 78.4 Å². The molecule has 7 heteroatoms. The first-order valence-corrected chi connectivity index (χ1v) is 11.4. The summed E-state index contributed by atoms with van der Waals surface area (Å²) in [7, 11) is 0. The molecular formula is C21H21ClNO4P. The molecule has 1 N–H and O–H groups in total. The lowest BCUT2D eigenvalue weighted by Gasteiger charge is -2.21. The summed E-state index contributed by atoms with van der Waals surface area (Å²) in [5.41, 5.74) is 1.70. The Morgan fingerprint density at radius 3 is 2.46 bits per heavy atom. The van der Waals surface area contributed by atoms with Crippen LogP contribution < -0.4 is 5.32 Å². The molecule has 2 atom stereocenters. The smallest absolute Gasteiger partial charge is 0.379 e. The number of benzene rings is 3. The molecule has 146 valence electrons. The maximum atomic E-state index is 12.8. The maximum absolute atomic E-state index is 12.8. The zero-order valence-electron chi connectivity index (χ0n) is 15.4.